The molecule has 144 valence electrons. The topological polar surface area (TPSA) is 41.8 Å². The van der Waals surface area contributed by atoms with E-state index in [0.717, 1.165) is 5.56 Å². The number of nitrogens with two attached hydrogens (primary N) is 1. The summed E-state index contributed by atoms with van der Waals surface area (Å²) in [5.41, 5.74) is 4.52. The van der Waals surface area contributed by atoms with Crippen molar-refractivity contribution in [2.24, 2.45) is 5.73 Å². The molecule has 3 rings (SSSR count). The number of aromatic amines is 1. The fourth-order valence-electron chi connectivity index (χ4n) is 3.08. The SMILES string of the molecule is N[C@@H](Cc1ccccc1)Cc1cc2c(C(F)(F)F)cc(C(F)(F)F)cc2[nH]1. The van der Waals surface area contributed by atoms with Crippen molar-refractivity contribution in [3.63, 3.8) is 0 Å². The van der Waals surface area contributed by atoms with E-state index in [1.54, 1.807) is 0 Å². The molecule has 3 aromatic rings. The van der Waals surface area contributed by atoms with Crippen LogP contribution in [0.3, 0.4) is 0 Å². The van der Waals surface area contributed by atoms with Gasteiger partial charge in [-0.2, -0.15) is 26.3 Å². The van der Waals surface area contributed by atoms with Crippen molar-refractivity contribution in [2.75, 3.05) is 0 Å². The minimum absolute atomic E-state index is 0.143. The van der Waals surface area contributed by atoms with Crippen LogP contribution >= 0.6 is 0 Å². The van der Waals surface area contributed by atoms with E-state index in [1.807, 2.05) is 30.3 Å². The highest BCUT2D eigenvalue weighted by molar-refractivity contribution is 5.85. The number of fused-ring (bicyclic) bond motifs is 1. The highest BCUT2D eigenvalue weighted by atomic mass is 19.4. The second-order valence-electron chi connectivity index (χ2n) is 6.43. The molecule has 0 amide bonds. The quantitative estimate of drug-likeness (QED) is 0.586. The molecule has 2 aromatic carbocycles. The molecular formula is C19H16F6N2. The number of rotatable bonds is 4. The lowest BCUT2D eigenvalue weighted by atomic mass is 10.0. The van der Waals surface area contributed by atoms with Crippen LogP contribution in [0, 0.1) is 0 Å². The smallest absolute Gasteiger partial charge is 0.358 e. The van der Waals surface area contributed by atoms with Gasteiger partial charge in [-0.3, -0.25) is 0 Å². The Kier molecular flexibility index (Phi) is 4.94. The molecule has 0 unspecified atom stereocenters. The van der Waals surface area contributed by atoms with Gasteiger partial charge in [0.2, 0.25) is 0 Å². The number of benzene rings is 2. The molecule has 8 heteroatoms. The molecule has 0 spiro atoms. The van der Waals surface area contributed by atoms with Crippen LogP contribution in [0.1, 0.15) is 22.4 Å². The van der Waals surface area contributed by atoms with E-state index in [9.17, 15) is 26.3 Å². The zero-order chi connectivity index (χ0) is 19.8. The number of nitrogens with one attached hydrogen (secondary N) is 1. The van der Waals surface area contributed by atoms with Gasteiger partial charge in [-0.05, 0) is 30.2 Å². The number of hydrogen-bond donors (Lipinski definition) is 2. The van der Waals surface area contributed by atoms with Gasteiger partial charge in [0, 0.05) is 29.1 Å². The van der Waals surface area contributed by atoms with Gasteiger partial charge in [-0.25, -0.2) is 0 Å². The maximum absolute atomic E-state index is 13.2. The van der Waals surface area contributed by atoms with E-state index in [1.165, 1.54) is 6.07 Å². The summed E-state index contributed by atoms with van der Waals surface area (Å²) in [7, 11) is 0. The monoisotopic (exact) mass is 386 g/mol. The molecule has 0 radical (unpaired) electrons. The summed E-state index contributed by atoms with van der Waals surface area (Å²) < 4.78 is 78.5. The molecule has 2 nitrogen and oxygen atoms in total. The Balaban J connectivity index is 1.94. The number of H-pyrrole nitrogens is 1. The Morgan fingerprint density at radius 1 is 0.852 bits per heavy atom. The Morgan fingerprint density at radius 2 is 1.52 bits per heavy atom. The summed E-state index contributed by atoms with van der Waals surface area (Å²) in [6, 6.07) is 11.0. The van der Waals surface area contributed by atoms with E-state index in [0.29, 0.717) is 18.2 Å². The van der Waals surface area contributed by atoms with Gasteiger partial charge in [0.05, 0.1) is 11.1 Å². The lowest BCUT2D eigenvalue weighted by Crippen LogP contribution is -2.25. The summed E-state index contributed by atoms with van der Waals surface area (Å²) in [5, 5.41) is -0.294. The minimum Gasteiger partial charge on any atom is -0.358 e. The Bertz CT molecular complexity index is 925. The first kappa shape index (κ1) is 19.3. The van der Waals surface area contributed by atoms with E-state index in [4.69, 9.17) is 5.73 Å². The molecular weight excluding hydrogens is 370 g/mol. The van der Waals surface area contributed by atoms with E-state index >= 15 is 0 Å². The third-order valence-corrected chi connectivity index (χ3v) is 4.25. The fraction of sp³-hybridized carbons (Fsp3) is 0.263. The van der Waals surface area contributed by atoms with Gasteiger partial charge in [0.1, 0.15) is 0 Å². The maximum atomic E-state index is 13.2. The summed E-state index contributed by atoms with van der Waals surface area (Å²) >= 11 is 0. The Hall–Kier alpha value is -2.48. The normalized spacial score (nSPS) is 13.9. The van der Waals surface area contributed by atoms with Crippen LogP contribution in [0.25, 0.3) is 10.9 Å². The summed E-state index contributed by atoms with van der Waals surface area (Å²) in [5.74, 6) is 0. The molecule has 1 heterocycles. The maximum Gasteiger partial charge on any atom is 0.417 e. The number of aromatic nitrogens is 1. The van der Waals surface area contributed by atoms with Crippen molar-refractivity contribution in [1.29, 1.82) is 0 Å². The molecule has 1 atom stereocenters. The zero-order valence-corrected chi connectivity index (χ0v) is 14.0. The van der Waals surface area contributed by atoms with Gasteiger partial charge in [0.15, 0.2) is 0 Å². The number of halogens is 6. The van der Waals surface area contributed by atoms with Gasteiger partial charge >= 0.3 is 12.4 Å². The Morgan fingerprint density at radius 3 is 2.11 bits per heavy atom. The van der Waals surface area contributed by atoms with Crippen molar-refractivity contribution in [3.05, 3.63) is 70.9 Å². The van der Waals surface area contributed by atoms with Crippen LogP contribution in [-0.2, 0) is 25.2 Å². The highest BCUT2D eigenvalue weighted by Gasteiger charge is 2.38. The molecule has 0 fully saturated rings. The van der Waals surface area contributed by atoms with Crippen LogP contribution < -0.4 is 5.73 Å². The highest BCUT2D eigenvalue weighted by Crippen LogP contribution is 2.40. The van der Waals surface area contributed by atoms with Crippen molar-refractivity contribution in [3.8, 4) is 0 Å². The predicted molar refractivity (Wildman–Crippen MR) is 90.1 cm³/mol. The summed E-state index contributed by atoms with van der Waals surface area (Å²) in [6.45, 7) is 0. The van der Waals surface area contributed by atoms with Crippen molar-refractivity contribution in [2.45, 2.75) is 31.2 Å². The predicted octanol–water partition coefficient (Wildman–Crippen LogP) is 5.32. The van der Waals surface area contributed by atoms with E-state index in [-0.39, 0.29) is 23.4 Å². The van der Waals surface area contributed by atoms with Gasteiger partial charge < -0.3 is 10.7 Å². The molecule has 1 aromatic heterocycles. The van der Waals surface area contributed by atoms with Crippen LogP contribution in [0.2, 0.25) is 0 Å². The summed E-state index contributed by atoms with van der Waals surface area (Å²) in [4.78, 5) is 2.66. The minimum atomic E-state index is -4.90. The second kappa shape index (κ2) is 6.92. The van der Waals surface area contributed by atoms with Gasteiger partial charge in [-0.1, -0.05) is 30.3 Å². The number of alkyl halides is 6. The van der Waals surface area contributed by atoms with Gasteiger partial charge in [-0.15, -0.1) is 0 Å². The average molecular weight is 386 g/mol. The first-order valence-corrected chi connectivity index (χ1v) is 8.13. The molecule has 0 aliphatic heterocycles. The molecule has 27 heavy (non-hydrogen) atoms. The fourth-order valence-corrected chi connectivity index (χ4v) is 3.08. The average Bonchev–Trinajstić information content (AvgIpc) is 2.94. The van der Waals surface area contributed by atoms with Crippen LogP contribution in [-0.4, -0.2) is 11.0 Å². The van der Waals surface area contributed by atoms with E-state index < -0.39 is 29.5 Å². The van der Waals surface area contributed by atoms with Crippen LogP contribution in [0.4, 0.5) is 26.3 Å². The largest absolute Gasteiger partial charge is 0.417 e. The zero-order valence-electron chi connectivity index (χ0n) is 14.0. The molecule has 0 saturated heterocycles. The molecule has 0 aliphatic rings. The molecule has 0 saturated carbocycles. The van der Waals surface area contributed by atoms with Crippen molar-refractivity contribution < 1.29 is 26.3 Å². The molecule has 3 N–H and O–H groups in total. The molecule has 0 aliphatic carbocycles. The first-order valence-electron chi connectivity index (χ1n) is 8.13. The van der Waals surface area contributed by atoms with Crippen LogP contribution in [0.15, 0.2) is 48.5 Å². The molecule has 0 bridgehead atoms. The standard InChI is InChI=1S/C19H16F6N2/c20-18(21,22)12-7-16(19(23,24)25)15-10-14(27-17(15)8-12)9-13(26)6-11-4-2-1-3-5-11/h1-5,7-8,10,13,27H,6,9,26H2/t13-/m0/s1. The van der Waals surface area contributed by atoms with E-state index in [2.05, 4.69) is 4.98 Å². The lowest BCUT2D eigenvalue weighted by Gasteiger charge is -2.12. The van der Waals surface area contributed by atoms with Crippen molar-refractivity contribution >= 4 is 10.9 Å². The lowest BCUT2D eigenvalue weighted by molar-refractivity contribution is -0.142. The second-order valence-corrected chi connectivity index (χ2v) is 6.43. The first-order chi connectivity index (χ1) is 12.5. The van der Waals surface area contributed by atoms with Gasteiger partial charge in [0.25, 0.3) is 0 Å². The third-order valence-electron chi connectivity index (χ3n) is 4.25. The van der Waals surface area contributed by atoms with Crippen molar-refractivity contribution in [1.82, 2.24) is 4.98 Å². The third kappa shape index (κ3) is 4.44. The summed E-state index contributed by atoms with van der Waals surface area (Å²) in [6.07, 6.45) is -9.06. The number of hydrogen-bond acceptors (Lipinski definition) is 1. The van der Waals surface area contributed by atoms with Crippen LogP contribution in [0.5, 0.6) is 0 Å². The Labute approximate surface area is 151 Å².